The molecule has 0 saturated carbocycles. The monoisotopic (exact) mass is 212 g/mol. The summed E-state index contributed by atoms with van der Waals surface area (Å²) in [5, 5.41) is 18.3. The molecular weight excluding hydrogens is 204 g/mol. The average molecular weight is 212 g/mol. The van der Waals surface area contributed by atoms with Gasteiger partial charge in [-0.25, -0.2) is 4.79 Å². The van der Waals surface area contributed by atoms with E-state index >= 15 is 0 Å². The van der Waals surface area contributed by atoms with Gasteiger partial charge >= 0.3 is 5.97 Å². The van der Waals surface area contributed by atoms with Gasteiger partial charge in [0.2, 0.25) is 0 Å². The number of hydrogen-bond acceptors (Lipinski definition) is 2. The molecule has 0 aliphatic carbocycles. The Bertz CT molecular complexity index is 617. The van der Waals surface area contributed by atoms with Crippen LogP contribution in [0, 0.1) is 11.3 Å². The summed E-state index contributed by atoms with van der Waals surface area (Å²) in [6.07, 6.45) is 2.77. The smallest absolute Gasteiger partial charge is 0.352 e. The van der Waals surface area contributed by atoms with Gasteiger partial charge in [0, 0.05) is 22.5 Å². The SMILES string of the molecule is N#CC=Cc1c(C(=O)O)[nH]c2ccccc12. The Hall–Kier alpha value is -2.54. The molecule has 0 aliphatic rings. The van der Waals surface area contributed by atoms with Gasteiger partial charge in [-0.1, -0.05) is 18.2 Å². The number of aromatic carboxylic acids is 1. The number of carboxylic acids is 1. The molecule has 2 aromatic rings. The van der Waals surface area contributed by atoms with Crippen LogP contribution < -0.4 is 0 Å². The highest BCUT2D eigenvalue weighted by Crippen LogP contribution is 2.23. The van der Waals surface area contributed by atoms with E-state index < -0.39 is 5.97 Å². The second-order valence-electron chi connectivity index (χ2n) is 3.23. The maximum absolute atomic E-state index is 11.0. The molecule has 0 unspecified atom stereocenters. The lowest BCUT2D eigenvalue weighted by molar-refractivity contribution is 0.0691. The molecule has 0 saturated heterocycles. The van der Waals surface area contributed by atoms with Crippen LogP contribution in [0.5, 0.6) is 0 Å². The number of H-pyrrole nitrogens is 1. The first-order chi connectivity index (χ1) is 7.74. The molecule has 0 atom stereocenters. The van der Waals surface area contributed by atoms with Gasteiger partial charge in [-0.3, -0.25) is 0 Å². The zero-order valence-electron chi connectivity index (χ0n) is 8.27. The number of aromatic amines is 1. The zero-order chi connectivity index (χ0) is 11.5. The first-order valence-electron chi connectivity index (χ1n) is 4.64. The van der Waals surface area contributed by atoms with E-state index in [9.17, 15) is 4.79 Å². The molecule has 0 spiro atoms. The summed E-state index contributed by atoms with van der Waals surface area (Å²) in [6, 6.07) is 9.11. The maximum Gasteiger partial charge on any atom is 0.352 e. The lowest BCUT2D eigenvalue weighted by atomic mass is 10.1. The molecule has 0 radical (unpaired) electrons. The lowest BCUT2D eigenvalue weighted by Crippen LogP contribution is -1.98. The Labute approximate surface area is 91.4 Å². The Balaban J connectivity index is 2.75. The molecule has 1 heterocycles. The van der Waals surface area contributed by atoms with Crippen LogP contribution in [0.2, 0.25) is 0 Å². The summed E-state index contributed by atoms with van der Waals surface area (Å²) in [5.74, 6) is -1.03. The van der Waals surface area contributed by atoms with Crippen molar-refractivity contribution in [3.05, 3.63) is 41.6 Å². The minimum atomic E-state index is -1.03. The predicted molar refractivity (Wildman–Crippen MR) is 59.9 cm³/mol. The summed E-state index contributed by atoms with van der Waals surface area (Å²) >= 11 is 0. The van der Waals surface area contributed by atoms with Gasteiger partial charge in [0.1, 0.15) is 5.69 Å². The van der Waals surface area contributed by atoms with E-state index in [0.717, 1.165) is 10.9 Å². The number of aromatic nitrogens is 1. The fourth-order valence-electron chi connectivity index (χ4n) is 1.63. The van der Waals surface area contributed by atoms with Crippen molar-refractivity contribution in [3.63, 3.8) is 0 Å². The van der Waals surface area contributed by atoms with Crippen molar-refractivity contribution in [3.8, 4) is 6.07 Å². The van der Waals surface area contributed by atoms with Crippen LogP contribution in [0.3, 0.4) is 0 Å². The Morgan fingerprint density at radius 1 is 1.44 bits per heavy atom. The number of carboxylic acid groups (broad SMARTS) is 1. The first-order valence-corrected chi connectivity index (χ1v) is 4.64. The summed E-state index contributed by atoms with van der Waals surface area (Å²) < 4.78 is 0. The second-order valence-corrected chi connectivity index (χ2v) is 3.23. The number of rotatable bonds is 2. The van der Waals surface area contributed by atoms with Crippen molar-refractivity contribution < 1.29 is 9.90 Å². The highest BCUT2D eigenvalue weighted by Gasteiger charge is 2.14. The topological polar surface area (TPSA) is 76.9 Å². The Morgan fingerprint density at radius 3 is 2.88 bits per heavy atom. The molecule has 4 nitrogen and oxygen atoms in total. The molecule has 16 heavy (non-hydrogen) atoms. The fourth-order valence-corrected chi connectivity index (χ4v) is 1.63. The average Bonchev–Trinajstić information content (AvgIpc) is 2.65. The molecule has 0 fully saturated rings. The van der Waals surface area contributed by atoms with Crippen LogP contribution in [-0.2, 0) is 0 Å². The zero-order valence-corrected chi connectivity index (χ0v) is 8.27. The quantitative estimate of drug-likeness (QED) is 0.750. The maximum atomic E-state index is 11.0. The van der Waals surface area contributed by atoms with Crippen LogP contribution in [-0.4, -0.2) is 16.1 Å². The number of nitriles is 1. The lowest BCUT2D eigenvalue weighted by Gasteiger charge is -1.92. The third kappa shape index (κ3) is 1.55. The molecule has 2 rings (SSSR count). The van der Waals surface area contributed by atoms with E-state index in [1.807, 2.05) is 24.3 Å². The second kappa shape index (κ2) is 3.91. The summed E-state index contributed by atoms with van der Waals surface area (Å²) in [7, 11) is 0. The minimum absolute atomic E-state index is 0.104. The van der Waals surface area contributed by atoms with Gasteiger partial charge < -0.3 is 10.1 Å². The van der Waals surface area contributed by atoms with Crippen LogP contribution in [0.25, 0.3) is 17.0 Å². The third-order valence-electron chi connectivity index (χ3n) is 2.28. The van der Waals surface area contributed by atoms with Gasteiger partial charge in [-0.15, -0.1) is 0 Å². The number of para-hydroxylation sites is 1. The van der Waals surface area contributed by atoms with Crippen molar-refractivity contribution in [1.82, 2.24) is 4.98 Å². The van der Waals surface area contributed by atoms with Gasteiger partial charge in [0.25, 0.3) is 0 Å². The molecule has 1 aromatic carbocycles. The highest BCUT2D eigenvalue weighted by molar-refractivity contribution is 6.01. The number of hydrogen-bond donors (Lipinski definition) is 2. The molecule has 4 heteroatoms. The standard InChI is InChI=1S/C12H8N2O2/c13-7-3-5-9-8-4-1-2-6-10(8)14-11(9)12(15)16/h1-6,14H,(H,15,16). The normalized spacial score (nSPS) is 10.7. The van der Waals surface area contributed by atoms with E-state index in [-0.39, 0.29) is 5.69 Å². The van der Waals surface area contributed by atoms with Crippen molar-refractivity contribution >= 4 is 22.9 Å². The molecular formula is C12H8N2O2. The molecule has 0 aliphatic heterocycles. The van der Waals surface area contributed by atoms with E-state index in [0.29, 0.717) is 5.56 Å². The van der Waals surface area contributed by atoms with Gasteiger partial charge in [0.05, 0.1) is 6.07 Å². The molecule has 0 bridgehead atoms. The number of fused-ring (bicyclic) bond motifs is 1. The third-order valence-corrected chi connectivity index (χ3v) is 2.28. The van der Waals surface area contributed by atoms with Crippen LogP contribution >= 0.6 is 0 Å². The number of nitrogens with one attached hydrogen (secondary N) is 1. The highest BCUT2D eigenvalue weighted by atomic mass is 16.4. The van der Waals surface area contributed by atoms with Crippen LogP contribution in [0.1, 0.15) is 16.1 Å². The molecule has 1 aromatic heterocycles. The van der Waals surface area contributed by atoms with E-state index in [1.54, 1.807) is 6.07 Å². The van der Waals surface area contributed by atoms with Crippen molar-refractivity contribution in [2.24, 2.45) is 0 Å². The summed E-state index contributed by atoms with van der Waals surface area (Å²) in [4.78, 5) is 13.8. The predicted octanol–water partition coefficient (Wildman–Crippen LogP) is 2.40. The van der Waals surface area contributed by atoms with Crippen molar-refractivity contribution in [2.75, 3.05) is 0 Å². The fraction of sp³-hybridized carbons (Fsp3) is 0. The number of nitrogens with zero attached hydrogens (tertiary/aromatic N) is 1. The number of allylic oxidation sites excluding steroid dienone is 1. The minimum Gasteiger partial charge on any atom is -0.477 e. The van der Waals surface area contributed by atoms with Gasteiger partial charge in [0.15, 0.2) is 0 Å². The Morgan fingerprint density at radius 2 is 2.19 bits per heavy atom. The van der Waals surface area contributed by atoms with Crippen molar-refractivity contribution in [2.45, 2.75) is 0 Å². The number of benzene rings is 1. The Kier molecular flexibility index (Phi) is 2.44. The summed E-state index contributed by atoms with van der Waals surface area (Å²) in [6.45, 7) is 0. The van der Waals surface area contributed by atoms with E-state index in [1.165, 1.54) is 12.2 Å². The first kappa shape index (κ1) is 9.99. The van der Waals surface area contributed by atoms with Crippen LogP contribution in [0.4, 0.5) is 0 Å². The summed E-state index contributed by atoms with van der Waals surface area (Å²) in [5.41, 5.74) is 1.38. The molecule has 2 N–H and O–H groups in total. The molecule has 0 amide bonds. The number of carbonyl (C=O) groups is 1. The van der Waals surface area contributed by atoms with Crippen LogP contribution in [0.15, 0.2) is 30.3 Å². The molecule has 78 valence electrons. The van der Waals surface area contributed by atoms with E-state index in [4.69, 9.17) is 10.4 Å². The van der Waals surface area contributed by atoms with Gasteiger partial charge in [-0.2, -0.15) is 5.26 Å². The van der Waals surface area contributed by atoms with Crippen molar-refractivity contribution in [1.29, 1.82) is 5.26 Å². The largest absolute Gasteiger partial charge is 0.477 e. The van der Waals surface area contributed by atoms with E-state index in [2.05, 4.69) is 4.98 Å². The van der Waals surface area contributed by atoms with Gasteiger partial charge in [-0.05, 0) is 12.1 Å².